The fourth-order valence-electron chi connectivity index (χ4n) is 3.06. The monoisotopic (exact) mass is 309 g/mol. The van der Waals surface area contributed by atoms with Crippen molar-refractivity contribution in [2.24, 2.45) is 0 Å². The van der Waals surface area contributed by atoms with Crippen LogP contribution >= 0.6 is 0 Å². The molecule has 23 heavy (non-hydrogen) atoms. The average Bonchev–Trinajstić information content (AvgIpc) is 2.60. The molecule has 3 aromatic rings. The maximum atomic E-state index is 9.64. The maximum absolute atomic E-state index is 9.64. The molecular weight excluding hydrogens is 286 g/mol. The zero-order valence-corrected chi connectivity index (χ0v) is 13.7. The van der Waals surface area contributed by atoms with Crippen LogP contribution in [-0.2, 0) is 11.3 Å². The van der Waals surface area contributed by atoms with Crippen LogP contribution in [0.15, 0.2) is 54.6 Å². The first-order valence-electron chi connectivity index (χ1n) is 7.91. The fourth-order valence-corrected chi connectivity index (χ4v) is 3.06. The van der Waals surface area contributed by atoms with Gasteiger partial charge in [0.15, 0.2) is 0 Å². The number of rotatable bonds is 6. The van der Waals surface area contributed by atoms with E-state index in [2.05, 4.69) is 59.9 Å². The van der Waals surface area contributed by atoms with Gasteiger partial charge < -0.3 is 15.2 Å². The maximum Gasteiger partial charge on any atom is 0.0664 e. The number of hydrogen-bond donors (Lipinski definition) is 2. The van der Waals surface area contributed by atoms with Crippen LogP contribution in [0, 0.1) is 0 Å². The van der Waals surface area contributed by atoms with Gasteiger partial charge in [-0.1, -0.05) is 48.5 Å². The number of aliphatic hydroxyl groups excluding tert-OH is 1. The molecular formula is C20H23NO2. The first-order chi connectivity index (χ1) is 11.2. The van der Waals surface area contributed by atoms with E-state index in [9.17, 15) is 5.11 Å². The number of hydrogen-bond acceptors (Lipinski definition) is 3. The van der Waals surface area contributed by atoms with Gasteiger partial charge in [0, 0.05) is 13.7 Å². The Hall–Kier alpha value is -1.94. The van der Waals surface area contributed by atoms with Gasteiger partial charge in [-0.3, -0.25) is 0 Å². The second kappa shape index (κ2) is 6.67. The summed E-state index contributed by atoms with van der Waals surface area (Å²) in [4.78, 5) is 0. The van der Waals surface area contributed by atoms with Gasteiger partial charge in [0.25, 0.3) is 0 Å². The van der Waals surface area contributed by atoms with Crippen LogP contribution in [0.5, 0.6) is 0 Å². The highest BCUT2D eigenvalue weighted by atomic mass is 16.5. The normalized spacial score (nSPS) is 14.2. The molecule has 0 aromatic heterocycles. The highest BCUT2D eigenvalue weighted by Crippen LogP contribution is 2.28. The van der Waals surface area contributed by atoms with E-state index < -0.39 is 5.54 Å². The molecule has 0 aliphatic carbocycles. The number of benzene rings is 3. The van der Waals surface area contributed by atoms with E-state index in [4.69, 9.17) is 4.74 Å². The molecule has 3 aromatic carbocycles. The Balaban J connectivity index is 2.02. The van der Waals surface area contributed by atoms with E-state index in [-0.39, 0.29) is 6.61 Å². The Kier molecular flexibility index (Phi) is 4.62. The lowest BCUT2D eigenvalue weighted by Gasteiger charge is -2.28. The predicted molar refractivity (Wildman–Crippen MR) is 95.7 cm³/mol. The van der Waals surface area contributed by atoms with Crippen LogP contribution in [0.1, 0.15) is 12.5 Å². The third-order valence-electron chi connectivity index (χ3n) is 4.37. The van der Waals surface area contributed by atoms with Crippen molar-refractivity contribution < 1.29 is 9.84 Å². The molecule has 2 N–H and O–H groups in total. The number of methoxy groups -OCH3 is 1. The smallest absolute Gasteiger partial charge is 0.0664 e. The largest absolute Gasteiger partial charge is 0.394 e. The summed E-state index contributed by atoms with van der Waals surface area (Å²) in [5.74, 6) is 0. The molecule has 0 amide bonds. The quantitative estimate of drug-likeness (QED) is 0.685. The lowest BCUT2D eigenvalue weighted by molar-refractivity contribution is 0.0723. The van der Waals surface area contributed by atoms with E-state index in [0.717, 1.165) is 0 Å². The van der Waals surface area contributed by atoms with Gasteiger partial charge in [0.05, 0.1) is 18.8 Å². The van der Waals surface area contributed by atoms with Crippen molar-refractivity contribution in [3.05, 3.63) is 60.2 Å². The topological polar surface area (TPSA) is 41.5 Å². The minimum atomic E-state index is -0.443. The molecule has 3 nitrogen and oxygen atoms in total. The van der Waals surface area contributed by atoms with Crippen molar-refractivity contribution in [1.82, 2.24) is 5.32 Å². The molecule has 3 heteroatoms. The van der Waals surface area contributed by atoms with Crippen LogP contribution in [0.4, 0.5) is 0 Å². The summed E-state index contributed by atoms with van der Waals surface area (Å²) in [7, 11) is 1.65. The Morgan fingerprint density at radius 2 is 1.65 bits per heavy atom. The minimum Gasteiger partial charge on any atom is -0.394 e. The van der Waals surface area contributed by atoms with Gasteiger partial charge in [-0.15, -0.1) is 0 Å². The summed E-state index contributed by atoms with van der Waals surface area (Å²) in [6, 6.07) is 19.2. The number of ether oxygens (including phenoxy) is 1. The van der Waals surface area contributed by atoms with Crippen LogP contribution in [0.25, 0.3) is 21.5 Å². The first kappa shape index (κ1) is 15.9. The summed E-state index contributed by atoms with van der Waals surface area (Å²) in [5.41, 5.74) is 0.789. The molecule has 0 saturated heterocycles. The van der Waals surface area contributed by atoms with Gasteiger partial charge >= 0.3 is 0 Å². The lowest BCUT2D eigenvalue weighted by Crippen LogP contribution is -2.49. The molecule has 1 unspecified atom stereocenters. The SMILES string of the molecule is COCC(C)(CO)NCc1cc2ccccc2c2ccccc12. The van der Waals surface area contributed by atoms with Gasteiger partial charge in [0.1, 0.15) is 0 Å². The second-order valence-electron chi connectivity index (χ2n) is 6.31. The van der Waals surface area contributed by atoms with Crippen LogP contribution in [-0.4, -0.2) is 31.0 Å². The van der Waals surface area contributed by atoms with E-state index in [0.29, 0.717) is 13.2 Å². The highest BCUT2D eigenvalue weighted by Gasteiger charge is 2.22. The molecule has 0 heterocycles. The van der Waals surface area contributed by atoms with Crippen molar-refractivity contribution in [3.63, 3.8) is 0 Å². The minimum absolute atomic E-state index is 0.0341. The fraction of sp³-hybridized carbons (Fsp3) is 0.300. The first-order valence-corrected chi connectivity index (χ1v) is 7.91. The number of fused-ring (bicyclic) bond motifs is 3. The van der Waals surface area contributed by atoms with Gasteiger partial charge in [-0.2, -0.15) is 0 Å². The zero-order valence-electron chi connectivity index (χ0n) is 13.7. The van der Waals surface area contributed by atoms with Gasteiger partial charge in [0.2, 0.25) is 0 Å². The molecule has 0 aliphatic heterocycles. The molecule has 0 aliphatic rings. The van der Waals surface area contributed by atoms with Gasteiger partial charge in [-0.05, 0) is 40.1 Å². The third-order valence-corrected chi connectivity index (χ3v) is 4.37. The Bertz CT molecular complexity index is 815. The number of aliphatic hydroxyl groups is 1. The summed E-state index contributed by atoms with van der Waals surface area (Å²) in [5, 5.41) is 18.1. The predicted octanol–water partition coefficient (Wildman–Crippen LogP) is 3.48. The van der Waals surface area contributed by atoms with E-state index >= 15 is 0 Å². The Labute approximate surface area is 136 Å². The molecule has 0 spiro atoms. The summed E-state index contributed by atoms with van der Waals surface area (Å²) >= 11 is 0. The average molecular weight is 309 g/mol. The van der Waals surface area contributed by atoms with Crippen LogP contribution in [0.2, 0.25) is 0 Å². The van der Waals surface area contributed by atoms with E-state index in [1.165, 1.54) is 27.1 Å². The molecule has 1 atom stereocenters. The van der Waals surface area contributed by atoms with Crippen molar-refractivity contribution in [2.45, 2.75) is 19.0 Å². The molecule has 0 bridgehead atoms. The lowest BCUT2D eigenvalue weighted by atomic mass is 9.96. The third kappa shape index (κ3) is 3.22. The number of nitrogens with one attached hydrogen (secondary N) is 1. The van der Waals surface area contributed by atoms with E-state index in [1.54, 1.807) is 7.11 Å². The molecule has 0 radical (unpaired) electrons. The summed E-state index contributed by atoms with van der Waals surface area (Å²) in [6.07, 6.45) is 0. The summed E-state index contributed by atoms with van der Waals surface area (Å²) < 4.78 is 5.22. The molecule has 0 fully saturated rings. The van der Waals surface area contributed by atoms with Crippen molar-refractivity contribution >= 4 is 21.5 Å². The van der Waals surface area contributed by atoms with E-state index in [1.807, 2.05) is 6.92 Å². The van der Waals surface area contributed by atoms with Crippen molar-refractivity contribution in [3.8, 4) is 0 Å². The van der Waals surface area contributed by atoms with Crippen molar-refractivity contribution in [1.29, 1.82) is 0 Å². The second-order valence-corrected chi connectivity index (χ2v) is 6.31. The standard InChI is InChI=1S/C20H23NO2/c1-20(13-22,14-23-2)21-12-16-11-15-7-3-4-8-17(15)19-10-6-5-9-18(16)19/h3-11,21-22H,12-14H2,1-2H3. The molecule has 3 rings (SSSR count). The van der Waals surface area contributed by atoms with Crippen LogP contribution in [0.3, 0.4) is 0 Å². The Morgan fingerprint density at radius 3 is 2.35 bits per heavy atom. The van der Waals surface area contributed by atoms with Crippen molar-refractivity contribution in [2.75, 3.05) is 20.3 Å². The zero-order chi connectivity index (χ0) is 16.3. The molecule has 120 valence electrons. The van der Waals surface area contributed by atoms with Crippen LogP contribution < -0.4 is 5.32 Å². The highest BCUT2D eigenvalue weighted by molar-refractivity contribution is 6.08. The molecule has 0 saturated carbocycles. The summed E-state index contributed by atoms with van der Waals surface area (Å²) in [6.45, 7) is 3.16. The Morgan fingerprint density at radius 1 is 1.00 bits per heavy atom. The van der Waals surface area contributed by atoms with Gasteiger partial charge in [-0.25, -0.2) is 0 Å².